The fourth-order valence-corrected chi connectivity index (χ4v) is 1.63. The van der Waals surface area contributed by atoms with Crippen LogP contribution in [0.15, 0.2) is 47.8 Å². The lowest BCUT2D eigenvalue weighted by Crippen LogP contribution is -2.14. The maximum Gasteiger partial charge on any atom is 0.188 e. The van der Waals surface area contributed by atoms with Crippen molar-refractivity contribution in [2.75, 3.05) is 0 Å². The molecule has 5 heteroatoms. The maximum atomic E-state index is 8.62. The highest BCUT2D eigenvalue weighted by Crippen LogP contribution is 2.22. The zero-order valence-corrected chi connectivity index (χ0v) is 10.6. The second-order valence-electron chi connectivity index (χ2n) is 3.97. The molecule has 0 aliphatic rings. The number of pyridine rings is 1. The Labute approximate surface area is 111 Å². The first-order valence-corrected chi connectivity index (χ1v) is 5.93. The summed E-state index contributed by atoms with van der Waals surface area (Å²) >= 11 is 0. The average Bonchev–Trinajstić information content (AvgIpc) is 2.47. The minimum absolute atomic E-state index is 0.0484. The SMILES string of the molecule is CCc1cccc(Oc2ccnc(C(N)=NO)c2)c1. The Balaban J connectivity index is 2.23. The van der Waals surface area contributed by atoms with Gasteiger partial charge in [-0.2, -0.15) is 0 Å². The third-order valence-electron chi connectivity index (χ3n) is 2.64. The smallest absolute Gasteiger partial charge is 0.188 e. The molecule has 0 aliphatic carbocycles. The Morgan fingerprint density at radius 2 is 2.11 bits per heavy atom. The number of oxime groups is 1. The standard InChI is InChI=1S/C14H15N3O2/c1-2-10-4-3-5-11(8-10)19-12-6-7-16-13(9-12)14(15)17-18/h3-9,18H,2H2,1H3,(H2,15,17). The van der Waals surface area contributed by atoms with Crippen LogP contribution in [0.3, 0.4) is 0 Å². The van der Waals surface area contributed by atoms with E-state index in [9.17, 15) is 0 Å². The van der Waals surface area contributed by atoms with Crippen LogP contribution in [0.1, 0.15) is 18.2 Å². The zero-order chi connectivity index (χ0) is 13.7. The molecule has 1 heterocycles. The number of ether oxygens (including phenoxy) is 1. The molecule has 5 nitrogen and oxygen atoms in total. The van der Waals surface area contributed by atoms with Gasteiger partial charge < -0.3 is 15.7 Å². The number of benzene rings is 1. The maximum absolute atomic E-state index is 8.62. The van der Waals surface area contributed by atoms with Gasteiger partial charge >= 0.3 is 0 Å². The van der Waals surface area contributed by atoms with Crippen molar-refractivity contribution in [1.82, 2.24) is 4.98 Å². The van der Waals surface area contributed by atoms with E-state index in [1.165, 1.54) is 5.56 Å². The number of hydrogen-bond donors (Lipinski definition) is 2. The van der Waals surface area contributed by atoms with Crippen LogP contribution in [0.2, 0.25) is 0 Å². The molecule has 1 aromatic heterocycles. The summed E-state index contributed by atoms with van der Waals surface area (Å²) in [6.45, 7) is 2.09. The van der Waals surface area contributed by atoms with E-state index in [0.29, 0.717) is 11.4 Å². The number of aryl methyl sites for hydroxylation is 1. The molecule has 19 heavy (non-hydrogen) atoms. The summed E-state index contributed by atoms with van der Waals surface area (Å²) in [4.78, 5) is 3.99. The number of amidine groups is 1. The number of nitrogens with zero attached hydrogens (tertiary/aromatic N) is 2. The Morgan fingerprint density at radius 1 is 1.32 bits per heavy atom. The molecular weight excluding hydrogens is 242 g/mol. The Bertz CT molecular complexity index is 597. The van der Waals surface area contributed by atoms with Gasteiger partial charge in [-0.25, -0.2) is 0 Å². The van der Waals surface area contributed by atoms with E-state index < -0.39 is 0 Å². The second kappa shape index (κ2) is 5.86. The molecule has 0 fully saturated rings. The fourth-order valence-electron chi connectivity index (χ4n) is 1.63. The van der Waals surface area contributed by atoms with E-state index in [0.717, 1.165) is 12.2 Å². The average molecular weight is 257 g/mol. The molecule has 0 spiro atoms. The Morgan fingerprint density at radius 3 is 2.84 bits per heavy atom. The van der Waals surface area contributed by atoms with Crippen molar-refractivity contribution >= 4 is 5.84 Å². The molecule has 0 amide bonds. The van der Waals surface area contributed by atoms with Crippen LogP contribution in [0.4, 0.5) is 0 Å². The summed E-state index contributed by atoms with van der Waals surface area (Å²) in [5.41, 5.74) is 7.05. The van der Waals surface area contributed by atoms with Crippen LogP contribution in [0, 0.1) is 0 Å². The zero-order valence-electron chi connectivity index (χ0n) is 10.6. The van der Waals surface area contributed by atoms with Crippen molar-refractivity contribution in [3.8, 4) is 11.5 Å². The van der Waals surface area contributed by atoms with Crippen LogP contribution in [0.25, 0.3) is 0 Å². The van der Waals surface area contributed by atoms with Crippen molar-refractivity contribution in [2.45, 2.75) is 13.3 Å². The quantitative estimate of drug-likeness (QED) is 0.381. The lowest BCUT2D eigenvalue weighted by Gasteiger charge is -2.07. The molecule has 2 aromatic rings. The summed E-state index contributed by atoms with van der Waals surface area (Å²) in [5, 5.41) is 11.5. The van der Waals surface area contributed by atoms with Crippen molar-refractivity contribution < 1.29 is 9.94 Å². The lowest BCUT2D eigenvalue weighted by atomic mass is 10.2. The molecular formula is C14H15N3O2. The molecule has 0 saturated carbocycles. The van der Waals surface area contributed by atoms with E-state index in [1.807, 2.05) is 24.3 Å². The van der Waals surface area contributed by atoms with E-state index in [-0.39, 0.29) is 5.84 Å². The fraction of sp³-hybridized carbons (Fsp3) is 0.143. The Kier molecular flexibility index (Phi) is 3.97. The number of aromatic nitrogens is 1. The molecule has 0 radical (unpaired) electrons. The molecule has 2 rings (SSSR count). The third-order valence-corrected chi connectivity index (χ3v) is 2.64. The molecule has 0 aliphatic heterocycles. The Hall–Kier alpha value is -2.56. The van der Waals surface area contributed by atoms with Gasteiger partial charge in [-0.15, -0.1) is 0 Å². The lowest BCUT2D eigenvalue weighted by molar-refractivity contribution is 0.318. The van der Waals surface area contributed by atoms with Crippen molar-refractivity contribution in [1.29, 1.82) is 0 Å². The van der Waals surface area contributed by atoms with Gasteiger partial charge in [-0.1, -0.05) is 24.2 Å². The summed E-state index contributed by atoms with van der Waals surface area (Å²) in [5.74, 6) is 1.29. The summed E-state index contributed by atoms with van der Waals surface area (Å²) in [7, 11) is 0. The molecule has 0 saturated heterocycles. The van der Waals surface area contributed by atoms with Crippen LogP contribution < -0.4 is 10.5 Å². The highest BCUT2D eigenvalue weighted by atomic mass is 16.5. The summed E-state index contributed by atoms with van der Waals surface area (Å²) in [6, 6.07) is 11.2. The van der Waals surface area contributed by atoms with Crippen LogP contribution >= 0.6 is 0 Å². The van der Waals surface area contributed by atoms with E-state index >= 15 is 0 Å². The third kappa shape index (κ3) is 3.22. The van der Waals surface area contributed by atoms with Gasteiger partial charge in [-0.3, -0.25) is 4.98 Å². The highest BCUT2D eigenvalue weighted by molar-refractivity contribution is 5.95. The number of nitrogens with two attached hydrogens (primary N) is 1. The van der Waals surface area contributed by atoms with Gasteiger partial charge in [0.2, 0.25) is 0 Å². The van der Waals surface area contributed by atoms with Crippen LogP contribution in [-0.2, 0) is 6.42 Å². The van der Waals surface area contributed by atoms with Crippen LogP contribution in [-0.4, -0.2) is 16.0 Å². The van der Waals surface area contributed by atoms with Gasteiger partial charge in [0.05, 0.1) is 0 Å². The number of hydrogen-bond acceptors (Lipinski definition) is 4. The molecule has 0 unspecified atom stereocenters. The molecule has 0 atom stereocenters. The van der Waals surface area contributed by atoms with E-state index in [2.05, 4.69) is 17.1 Å². The van der Waals surface area contributed by atoms with Gasteiger partial charge in [0.25, 0.3) is 0 Å². The van der Waals surface area contributed by atoms with Gasteiger partial charge in [0, 0.05) is 12.3 Å². The first-order valence-electron chi connectivity index (χ1n) is 5.93. The van der Waals surface area contributed by atoms with Gasteiger partial charge in [-0.05, 0) is 30.2 Å². The minimum Gasteiger partial charge on any atom is -0.457 e. The van der Waals surface area contributed by atoms with Crippen molar-refractivity contribution in [3.05, 3.63) is 53.9 Å². The topological polar surface area (TPSA) is 80.7 Å². The predicted molar refractivity (Wildman–Crippen MR) is 72.6 cm³/mol. The molecule has 3 N–H and O–H groups in total. The highest BCUT2D eigenvalue weighted by Gasteiger charge is 2.04. The molecule has 98 valence electrons. The largest absolute Gasteiger partial charge is 0.457 e. The first-order chi connectivity index (χ1) is 9.22. The van der Waals surface area contributed by atoms with Crippen molar-refractivity contribution in [2.24, 2.45) is 10.9 Å². The van der Waals surface area contributed by atoms with E-state index in [4.69, 9.17) is 15.7 Å². The minimum atomic E-state index is -0.0484. The monoisotopic (exact) mass is 257 g/mol. The predicted octanol–water partition coefficient (Wildman–Crippen LogP) is 2.53. The first kappa shape index (κ1) is 12.9. The van der Waals surface area contributed by atoms with Gasteiger partial charge in [0.15, 0.2) is 5.84 Å². The summed E-state index contributed by atoms with van der Waals surface area (Å²) in [6.07, 6.45) is 2.50. The van der Waals surface area contributed by atoms with Crippen LogP contribution in [0.5, 0.6) is 11.5 Å². The second-order valence-corrected chi connectivity index (χ2v) is 3.97. The molecule has 0 bridgehead atoms. The van der Waals surface area contributed by atoms with E-state index in [1.54, 1.807) is 18.3 Å². The van der Waals surface area contributed by atoms with Gasteiger partial charge in [0.1, 0.15) is 17.2 Å². The summed E-state index contributed by atoms with van der Waals surface area (Å²) < 4.78 is 5.72. The normalized spacial score (nSPS) is 11.3. The van der Waals surface area contributed by atoms with Crippen molar-refractivity contribution in [3.63, 3.8) is 0 Å². The molecule has 1 aromatic carbocycles. The number of rotatable bonds is 4.